The second-order valence-corrected chi connectivity index (χ2v) is 3.35. The van der Waals surface area contributed by atoms with E-state index in [0.717, 1.165) is 18.4 Å². The lowest BCUT2D eigenvalue weighted by molar-refractivity contribution is -0.137. The first-order valence-corrected chi connectivity index (χ1v) is 4.51. The first-order chi connectivity index (χ1) is 7.93. The fourth-order valence-electron chi connectivity index (χ4n) is 1.46. The molecule has 0 bridgehead atoms. The second kappa shape index (κ2) is 3.73. The Balaban J connectivity index is 2.66. The molecule has 0 spiro atoms. The van der Waals surface area contributed by atoms with Gasteiger partial charge in [-0.3, -0.25) is 9.59 Å². The largest absolute Gasteiger partial charge is 0.459 e. The Morgan fingerprint density at radius 1 is 1.29 bits per heavy atom. The smallest absolute Gasteiger partial charge is 0.416 e. The van der Waals surface area contributed by atoms with Gasteiger partial charge in [-0.15, -0.1) is 0 Å². The first-order valence-electron chi connectivity index (χ1n) is 4.51. The lowest BCUT2D eigenvalue weighted by atomic mass is 10.1. The third kappa shape index (κ3) is 1.93. The van der Waals surface area contributed by atoms with Crippen LogP contribution < -0.4 is 0 Å². The van der Waals surface area contributed by atoms with Gasteiger partial charge in [0.2, 0.25) is 0 Å². The Kier molecular flexibility index (Phi) is 2.49. The molecule has 0 N–H and O–H groups in total. The van der Waals surface area contributed by atoms with E-state index in [4.69, 9.17) is 4.42 Å². The number of ketones is 1. The second-order valence-electron chi connectivity index (χ2n) is 3.35. The van der Waals surface area contributed by atoms with E-state index in [9.17, 15) is 22.8 Å². The molecule has 0 atom stereocenters. The molecule has 0 aliphatic heterocycles. The van der Waals surface area contributed by atoms with Crippen molar-refractivity contribution in [1.82, 2.24) is 0 Å². The van der Waals surface area contributed by atoms with E-state index in [-0.39, 0.29) is 17.4 Å². The molecule has 1 aromatic carbocycles. The SMILES string of the molecule is O=CC(=O)c1occ2ccc(C(F)(F)F)cc12. The highest BCUT2D eigenvalue weighted by Crippen LogP contribution is 2.32. The van der Waals surface area contributed by atoms with Gasteiger partial charge in [0.15, 0.2) is 12.0 Å². The van der Waals surface area contributed by atoms with Gasteiger partial charge in [-0.05, 0) is 12.1 Å². The van der Waals surface area contributed by atoms with Crippen LogP contribution in [0.25, 0.3) is 10.8 Å². The molecule has 0 aliphatic carbocycles. The number of carbonyl (C=O) groups is 2. The minimum absolute atomic E-state index is 0.00145. The van der Waals surface area contributed by atoms with E-state index in [0.29, 0.717) is 5.39 Å². The maximum Gasteiger partial charge on any atom is 0.416 e. The standard InChI is InChI=1S/C11H5F3O3/c12-11(13,14)7-2-1-6-5-17-10(8(6)3-7)9(16)4-15/h1-5H. The van der Waals surface area contributed by atoms with Gasteiger partial charge in [-0.1, -0.05) is 6.07 Å². The average molecular weight is 242 g/mol. The van der Waals surface area contributed by atoms with E-state index in [2.05, 4.69) is 0 Å². The fraction of sp³-hybridized carbons (Fsp3) is 0.0909. The monoisotopic (exact) mass is 242 g/mol. The molecule has 3 nitrogen and oxygen atoms in total. The van der Waals surface area contributed by atoms with Crippen LogP contribution in [0.4, 0.5) is 13.2 Å². The molecule has 88 valence electrons. The highest BCUT2D eigenvalue weighted by Gasteiger charge is 2.31. The molecule has 2 rings (SSSR count). The molecule has 0 radical (unpaired) electrons. The Bertz CT molecular complexity index is 596. The van der Waals surface area contributed by atoms with Gasteiger partial charge < -0.3 is 4.42 Å². The molecule has 0 saturated carbocycles. The van der Waals surface area contributed by atoms with Gasteiger partial charge in [0.1, 0.15) is 0 Å². The van der Waals surface area contributed by atoms with Crippen molar-refractivity contribution in [3.63, 3.8) is 0 Å². The maximum atomic E-state index is 12.5. The summed E-state index contributed by atoms with van der Waals surface area (Å²) in [5.41, 5.74) is -0.897. The zero-order chi connectivity index (χ0) is 12.6. The van der Waals surface area contributed by atoms with Crippen LogP contribution >= 0.6 is 0 Å². The lowest BCUT2D eigenvalue weighted by Gasteiger charge is -2.05. The zero-order valence-electron chi connectivity index (χ0n) is 8.25. The molecular weight excluding hydrogens is 237 g/mol. The van der Waals surface area contributed by atoms with Crippen molar-refractivity contribution in [2.24, 2.45) is 0 Å². The highest BCUT2D eigenvalue weighted by molar-refractivity contribution is 6.35. The Morgan fingerprint density at radius 3 is 2.59 bits per heavy atom. The average Bonchev–Trinajstić information content (AvgIpc) is 2.69. The van der Waals surface area contributed by atoms with Crippen LogP contribution in [0.1, 0.15) is 16.1 Å². The van der Waals surface area contributed by atoms with Gasteiger partial charge in [0.25, 0.3) is 5.78 Å². The maximum absolute atomic E-state index is 12.5. The summed E-state index contributed by atoms with van der Waals surface area (Å²) in [4.78, 5) is 21.4. The van der Waals surface area contributed by atoms with Gasteiger partial charge in [0, 0.05) is 10.8 Å². The van der Waals surface area contributed by atoms with Crippen LogP contribution in [0, 0.1) is 0 Å². The Morgan fingerprint density at radius 2 is 2.00 bits per heavy atom. The van der Waals surface area contributed by atoms with Crippen LogP contribution in [0.5, 0.6) is 0 Å². The highest BCUT2D eigenvalue weighted by atomic mass is 19.4. The number of alkyl halides is 3. The number of aldehydes is 1. The van der Waals surface area contributed by atoms with Crippen molar-refractivity contribution in [3.05, 3.63) is 35.8 Å². The van der Waals surface area contributed by atoms with Crippen molar-refractivity contribution < 1.29 is 27.2 Å². The van der Waals surface area contributed by atoms with Crippen molar-refractivity contribution >= 4 is 22.8 Å². The van der Waals surface area contributed by atoms with Gasteiger partial charge >= 0.3 is 6.18 Å². The minimum atomic E-state index is -4.51. The van der Waals surface area contributed by atoms with Crippen LogP contribution in [0.2, 0.25) is 0 Å². The van der Waals surface area contributed by atoms with Crippen molar-refractivity contribution in [1.29, 1.82) is 0 Å². The molecule has 6 heteroatoms. The number of fused-ring (bicyclic) bond motifs is 1. The number of furan rings is 1. The van der Waals surface area contributed by atoms with Crippen molar-refractivity contribution in [2.45, 2.75) is 6.18 Å². The van der Waals surface area contributed by atoms with Crippen LogP contribution in [-0.2, 0) is 11.0 Å². The Labute approximate surface area is 92.8 Å². The molecule has 0 saturated heterocycles. The first kappa shape index (κ1) is 11.4. The molecule has 0 unspecified atom stereocenters. The molecule has 0 aliphatic rings. The number of carbonyl (C=O) groups excluding carboxylic acids is 2. The molecular formula is C11H5F3O3. The molecule has 1 aromatic heterocycles. The summed E-state index contributed by atoms with van der Waals surface area (Å²) in [7, 11) is 0. The summed E-state index contributed by atoms with van der Waals surface area (Å²) in [6.07, 6.45) is -3.38. The van der Waals surface area contributed by atoms with Crippen molar-refractivity contribution in [2.75, 3.05) is 0 Å². The molecule has 1 heterocycles. The lowest BCUT2D eigenvalue weighted by Crippen LogP contribution is -2.05. The number of rotatable bonds is 2. The normalized spacial score (nSPS) is 11.7. The molecule has 0 amide bonds. The number of Topliss-reactive ketones (excluding diaryl/α,β-unsaturated/α-hetero) is 1. The Hall–Kier alpha value is -2.11. The summed E-state index contributed by atoms with van der Waals surface area (Å²) in [6.45, 7) is 0. The van der Waals surface area contributed by atoms with E-state index in [1.54, 1.807) is 0 Å². The number of hydrogen-bond donors (Lipinski definition) is 0. The van der Waals surface area contributed by atoms with Gasteiger partial charge in [-0.25, -0.2) is 0 Å². The van der Waals surface area contributed by atoms with Crippen LogP contribution in [0.3, 0.4) is 0 Å². The van der Waals surface area contributed by atoms with E-state index < -0.39 is 17.5 Å². The van der Waals surface area contributed by atoms with E-state index in [1.165, 1.54) is 6.07 Å². The topological polar surface area (TPSA) is 47.3 Å². The van der Waals surface area contributed by atoms with E-state index >= 15 is 0 Å². The van der Waals surface area contributed by atoms with Crippen LogP contribution in [0.15, 0.2) is 28.9 Å². The number of benzene rings is 1. The summed E-state index contributed by atoms with van der Waals surface area (Å²) >= 11 is 0. The van der Waals surface area contributed by atoms with Crippen molar-refractivity contribution in [3.8, 4) is 0 Å². The predicted molar refractivity (Wildman–Crippen MR) is 51.6 cm³/mol. The quantitative estimate of drug-likeness (QED) is 0.462. The van der Waals surface area contributed by atoms with Gasteiger partial charge in [0.05, 0.1) is 11.8 Å². The predicted octanol–water partition coefficient (Wildman–Crippen LogP) is 2.83. The summed E-state index contributed by atoms with van der Waals surface area (Å²) in [5, 5.41) is 0.320. The van der Waals surface area contributed by atoms with Gasteiger partial charge in [-0.2, -0.15) is 13.2 Å². The third-order valence-electron chi connectivity index (χ3n) is 2.26. The van der Waals surface area contributed by atoms with E-state index in [1.807, 2.05) is 0 Å². The summed E-state index contributed by atoms with van der Waals surface area (Å²) < 4.78 is 42.1. The zero-order valence-corrected chi connectivity index (χ0v) is 8.25. The number of halogens is 3. The molecule has 2 aromatic rings. The minimum Gasteiger partial charge on any atom is -0.459 e. The fourth-order valence-corrected chi connectivity index (χ4v) is 1.46. The molecule has 17 heavy (non-hydrogen) atoms. The summed E-state index contributed by atoms with van der Waals surface area (Å²) in [6, 6.07) is 2.85. The number of hydrogen-bond acceptors (Lipinski definition) is 3. The summed E-state index contributed by atoms with van der Waals surface area (Å²) in [5.74, 6) is -1.36. The molecule has 0 fully saturated rings. The third-order valence-corrected chi connectivity index (χ3v) is 2.26. The van der Waals surface area contributed by atoms with Crippen LogP contribution in [-0.4, -0.2) is 12.1 Å².